The summed E-state index contributed by atoms with van der Waals surface area (Å²) in [5.41, 5.74) is 0. The zero-order valence-electron chi connectivity index (χ0n) is 15.2. The highest BCUT2D eigenvalue weighted by molar-refractivity contribution is 7.89. The molecule has 8 nitrogen and oxygen atoms in total. The number of piperazine rings is 1. The number of nitrogens with one attached hydrogen (secondary N) is 1. The number of sulfonamides is 1. The van der Waals surface area contributed by atoms with Crippen LogP contribution in [-0.2, 0) is 14.8 Å². The summed E-state index contributed by atoms with van der Waals surface area (Å²) >= 11 is 0. The van der Waals surface area contributed by atoms with E-state index < -0.39 is 10.0 Å². The lowest BCUT2D eigenvalue weighted by Crippen LogP contribution is -2.50. The Morgan fingerprint density at radius 1 is 1.08 bits per heavy atom. The predicted molar refractivity (Wildman–Crippen MR) is 96.4 cm³/mol. The molecule has 1 aromatic heterocycles. The van der Waals surface area contributed by atoms with Crippen molar-refractivity contribution in [3.8, 4) is 0 Å². The number of piperidine rings is 1. The molecule has 1 N–H and O–H groups in total. The summed E-state index contributed by atoms with van der Waals surface area (Å²) < 4.78 is 32.0. The maximum Gasteiger partial charge on any atom is 0.410 e. The van der Waals surface area contributed by atoms with Gasteiger partial charge in [0.2, 0.25) is 10.0 Å². The van der Waals surface area contributed by atoms with Gasteiger partial charge in [0.05, 0.1) is 19.7 Å². The molecule has 3 heterocycles. The third-order valence-corrected chi connectivity index (χ3v) is 6.76. The second kappa shape index (κ2) is 8.22. The summed E-state index contributed by atoms with van der Waals surface area (Å²) in [6.45, 7) is 5.88. The molecule has 2 saturated heterocycles. The van der Waals surface area contributed by atoms with Crippen LogP contribution in [0.15, 0.2) is 23.2 Å². The summed E-state index contributed by atoms with van der Waals surface area (Å²) in [5, 5.41) is 0. The van der Waals surface area contributed by atoms with Crippen LogP contribution >= 0.6 is 0 Å². The summed E-state index contributed by atoms with van der Waals surface area (Å²) in [4.78, 5) is 19.0. The Kier molecular flexibility index (Phi) is 5.98. The highest BCUT2D eigenvalue weighted by Crippen LogP contribution is 2.20. The molecule has 0 unspecified atom stereocenters. The van der Waals surface area contributed by atoms with Gasteiger partial charge in [-0.3, -0.25) is 4.90 Å². The first kappa shape index (κ1) is 18.9. The van der Waals surface area contributed by atoms with Gasteiger partial charge in [-0.2, -0.15) is 4.31 Å². The van der Waals surface area contributed by atoms with E-state index in [4.69, 9.17) is 4.74 Å². The molecule has 2 aliphatic rings. The van der Waals surface area contributed by atoms with Gasteiger partial charge in [0.15, 0.2) is 0 Å². The van der Waals surface area contributed by atoms with Crippen molar-refractivity contribution in [3.63, 3.8) is 0 Å². The number of rotatable bonds is 4. The molecule has 0 bridgehead atoms. The quantitative estimate of drug-likeness (QED) is 0.773. The minimum Gasteiger partial charge on any atom is -0.450 e. The van der Waals surface area contributed by atoms with Crippen LogP contribution in [0.5, 0.6) is 0 Å². The topological polar surface area (TPSA) is 84.3 Å². The molecular weight excluding hydrogens is 356 g/mol. The first-order valence-corrected chi connectivity index (χ1v) is 10.6. The van der Waals surface area contributed by atoms with Gasteiger partial charge in [0.25, 0.3) is 5.82 Å². The number of amides is 1. The first-order valence-electron chi connectivity index (χ1n) is 9.21. The van der Waals surface area contributed by atoms with Crippen molar-refractivity contribution in [1.82, 2.24) is 9.21 Å². The minimum absolute atomic E-state index is 0.279. The molecule has 1 amide bonds. The summed E-state index contributed by atoms with van der Waals surface area (Å²) in [5.74, 6) is 0.853. The third kappa shape index (κ3) is 4.09. The number of hydrogen-bond acceptors (Lipinski definition) is 5. The Morgan fingerprint density at radius 2 is 1.77 bits per heavy atom. The van der Waals surface area contributed by atoms with Crippen molar-refractivity contribution < 1.29 is 22.9 Å². The van der Waals surface area contributed by atoms with E-state index >= 15 is 0 Å². The second-order valence-electron chi connectivity index (χ2n) is 6.55. The number of carbonyl (C=O) groups is 1. The zero-order valence-corrected chi connectivity index (χ0v) is 16.0. The maximum absolute atomic E-state index is 12.7. The van der Waals surface area contributed by atoms with Gasteiger partial charge in [0.1, 0.15) is 24.2 Å². The van der Waals surface area contributed by atoms with E-state index in [0.717, 1.165) is 25.1 Å². The fourth-order valence-corrected chi connectivity index (χ4v) is 4.84. The molecule has 0 spiro atoms. The molecule has 0 saturated carbocycles. The van der Waals surface area contributed by atoms with Crippen molar-refractivity contribution in [2.24, 2.45) is 0 Å². The molecule has 0 atom stereocenters. The molecule has 2 fully saturated rings. The van der Waals surface area contributed by atoms with Crippen molar-refractivity contribution in [2.75, 3.05) is 50.8 Å². The maximum atomic E-state index is 12.7. The SMILES string of the molecule is CCOC(=O)N1CCN(c2ccc(S(=O)(=O)N3CCCCC3)c[nH+]2)CC1. The monoisotopic (exact) mass is 383 g/mol. The van der Waals surface area contributed by atoms with Gasteiger partial charge < -0.3 is 9.64 Å². The summed E-state index contributed by atoms with van der Waals surface area (Å²) in [6, 6.07) is 3.46. The van der Waals surface area contributed by atoms with Crippen molar-refractivity contribution >= 4 is 21.9 Å². The van der Waals surface area contributed by atoms with Crippen LogP contribution < -0.4 is 9.88 Å². The molecule has 0 radical (unpaired) electrons. The lowest BCUT2D eigenvalue weighted by Gasteiger charge is -2.30. The van der Waals surface area contributed by atoms with E-state index in [1.54, 1.807) is 34.5 Å². The highest BCUT2D eigenvalue weighted by Gasteiger charge is 2.29. The average molecular weight is 383 g/mol. The fourth-order valence-electron chi connectivity index (χ4n) is 3.36. The lowest BCUT2D eigenvalue weighted by molar-refractivity contribution is -0.367. The Bertz CT molecular complexity index is 709. The third-order valence-electron chi connectivity index (χ3n) is 4.87. The van der Waals surface area contributed by atoms with E-state index in [1.165, 1.54) is 0 Å². The largest absolute Gasteiger partial charge is 0.450 e. The molecule has 144 valence electrons. The van der Waals surface area contributed by atoms with Crippen LogP contribution in [0.1, 0.15) is 26.2 Å². The second-order valence-corrected chi connectivity index (χ2v) is 8.49. The number of anilines is 1. The average Bonchev–Trinajstić information content (AvgIpc) is 2.69. The van der Waals surface area contributed by atoms with Gasteiger partial charge in [-0.1, -0.05) is 6.42 Å². The van der Waals surface area contributed by atoms with Crippen molar-refractivity contribution in [2.45, 2.75) is 31.1 Å². The molecule has 2 aliphatic heterocycles. The van der Waals surface area contributed by atoms with Crippen LogP contribution in [-0.4, -0.2) is 69.6 Å². The molecule has 26 heavy (non-hydrogen) atoms. The van der Waals surface area contributed by atoms with Crippen LogP contribution in [0, 0.1) is 0 Å². The number of pyridine rings is 1. The summed E-state index contributed by atoms with van der Waals surface area (Å²) in [7, 11) is -3.42. The molecule has 1 aromatic rings. The standard InChI is InChI=1S/C17H26N4O4S/c1-2-25-17(22)20-12-10-19(11-13-20)16-7-6-15(14-18-16)26(23,24)21-8-4-3-5-9-21/h6-7,14H,2-5,8-13H2,1H3/p+1. The molecule has 3 rings (SSSR count). The van der Waals surface area contributed by atoms with Crippen LogP contribution in [0.3, 0.4) is 0 Å². The van der Waals surface area contributed by atoms with Gasteiger partial charge >= 0.3 is 6.09 Å². The van der Waals surface area contributed by atoms with Crippen molar-refractivity contribution in [1.29, 1.82) is 0 Å². The van der Waals surface area contributed by atoms with E-state index in [1.807, 2.05) is 0 Å². The van der Waals surface area contributed by atoms with E-state index in [-0.39, 0.29) is 6.09 Å². The smallest absolute Gasteiger partial charge is 0.410 e. The van der Waals surface area contributed by atoms with Gasteiger partial charge in [-0.25, -0.2) is 18.2 Å². The number of nitrogens with zero attached hydrogens (tertiary/aromatic N) is 3. The van der Waals surface area contributed by atoms with Gasteiger partial charge in [-0.05, 0) is 25.8 Å². The molecular formula is C17H27N4O4S+. The number of H-pyrrole nitrogens is 1. The number of hydrogen-bond donors (Lipinski definition) is 0. The Balaban J connectivity index is 1.62. The number of aromatic amines is 1. The summed E-state index contributed by atoms with van der Waals surface area (Å²) in [6.07, 6.45) is 4.22. The number of carbonyl (C=O) groups excluding carboxylic acids is 1. The fraction of sp³-hybridized carbons (Fsp3) is 0.647. The minimum atomic E-state index is -3.42. The highest BCUT2D eigenvalue weighted by atomic mass is 32.2. The Morgan fingerprint density at radius 3 is 2.35 bits per heavy atom. The van der Waals surface area contributed by atoms with Crippen LogP contribution in [0.2, 0.25) is 0 Å². The van der Waals surface area contributed by atoms with Crippen LogP contribution in [0.25, 0.3) is 0 Å². The number of aromatic nitrogens is 1. The lowest BCUT2D eigenvalue weighted by atomic mass is 10.2. The Labute approximate surface area is 154 Å². The normalized spacial score (nSPS) is 19.4. The molecule has 9 heteroatoms. The van der Waals surface area contributed by atoms with Crippen molar-refractivity contribution in [3.05, 3.63) is 18.3 Å². The van der Waals surface area contributed by atoms with Gasteiger partial charge in [0, 0.05) is 19.2 Å². The van der Waals surface area contributed by atoms with E-state index in [9.17, 15) is 13.2 Å². The predicted octanol–water partition coefficient (Wildman–Crippen LogP) is 0.954. The molecule has 0 aromatic carbocycles. The Hall–Kier alpha value is -1.87. The molecule has 0 aliphatic carbocycles. The first-order chi connectivity index (χ1) is 12.5. The van der Waals surface area contributed by atoms with Crippen LogP contribution in [0.4, 0.5) is 10.6 Å². The van der Waals surface area contributed by atoms with E-state index in [2.05, 4.69) is 9.88 Å². The zero-order chi connectivity index (χ0) is 18.6. The number of ether oxygens (including phenoxy) is 1. The van der Waals surface area contributed by atoms with E-state index in [0.29, 0.717) is 50.8 Å². The van der Waals surface area contributed by atoms with Gasteiger partial charge in [-0.15, -0.1) is 0 Å².